The van der Waals surface area contributed by atoms with Crippen LogP contribution in [0.4, 0.5) is 0 Å². The van der Waals surface area contributed by atoms with E-state index in [9.17, 15) is 0 Å². The first kappa shape index (κ1) is 20.5. The van der Waals surface area contributed by atoms with Crippen LogP contribution in [0.5, 0.6) is 0 Å². The van der Waals surface area contributed by atoms with Gasteiger partial charge in [0.2, 0.25) is 0 Å². The molecule has 0 aliphatic heterocycles. The molecule has 0 nitrogen and oxygen atoms in total. The van der Waals surface area contributed by atoms with Gasteiger partial charge in [-0.2, -0.15) is 0 Å². The lowest BCUT2D eigenvalue weighted by molar-refractivity contribution is 1.44. The first-order valence-corrected chi connectivity index (χ1v) is 10.7. The molecule has 0 radical (unpaired) electrons. The van der Waals surface area contributed by atoms with Gasteiger partial charge in [0.1, 0.15) is 0 Å². The quantitative estimate of drug-likeness (QED) is 0.288. The van der Waals surface area contributed by atoms with E-state index in [4.69, 9.17) is 0 Å². The second kappa shape index (κ2) is 9.82. The summed E-state index contributed by atoms with van der Waals surface area (Å²) in [6, 6.07) is 38.6. The predicted molar refractivity (Wildman–Crippen MR) is 134 cm³/mol. The summed E-state index contributed by atoms with van der Waals surface area (Å²) in [7, 11) is 0. The van der Waals surface area contributed by atoms with Crippen LogP contribution in [0.3, 0.4) is 0 Å². The van der Waals surface area contributed by atoms with E-state index >= 15 is 0 Å². The Balaban J connectivity index is 1.73. The summed E-state index contributed by atoms with van der Waals surface area (Å²) in [5, 5.41) is 0. The van der Waals surface area contributed by atoms with Crippen LogP contribution >= 0.6 is 0 Å². The third kappa shape index (κ3) is 5.24. The number of benzene rings is 4. The Morgan fingerprint density at radius 1 is 0.452 bits per heavy atom. The molecule has 4 rings (SSSR count). The highest BCUT2D eigenvalue weighted by Gasteiger charge is 2.12. The van der Waals surface area contributed by atoms with Gasteiger partial charge in [0, 0.05) is 28.7 Å². The first-order chi connectivity index (χ1) is 15.2. The SMILES string of the molecule is Cc1ccc(C(=C[CH+]C=C(c2ccccc2)c2ccc(C)cc2)c2ccccc2)cc1. The topological polar surface area (TPSA) is 0 Å². The Kier molecular flexibility index (Phi) is 6.50. The summed E-state index contributed by atoms with van der Waals surface area (Å²) in [6.07, 6.45) is 6.61. The molecule has 0 heterocycles. The van der Waals surface area contributed by atoms with Gasteiger partial charge in [-0.05, 0) is 62.4 Å². The van der Waals surface area contributed by atoms with E-state index in [0.29, 0.717) is 0 Å². The van der Waals surface area contributed by atoms with Gasteiger partial charge in [-0.3, -0.25) is 0 Å². The zero-order chi connectivity index (χ0) is 21.5. The van der Waals surface area contributed by atoms with Crippen LogP contribution in [0.2, 0.25) is 0 Å². The van der Waals surface area contributed by atoms with Crippen LogP contribution in [0, 0.1) is 20.3 Å². The van der Waals surface area contributed by atoms with Crippen LogP contribution in [-0.2, 0) is 0 Å². The molecular weight excluding hydrogens is 372 g/mol. The van der Waals surface area contributed by atoms with E-state index in [1.54, 1.807) is 0 Å². The molecule has 4 aromatic carbocycles. The Morgan fingerprint density at radius 2 is 0.774 bits per heavy atom. The maximum Gasteiger partial charge on any atom is 0.0777 e. The lowest BCUT2D eigenvalue weighted by atomic mass is 9.94. The lowest BCUT2D eigenvalue weighted by Crippen LogP contribution is -1.90. The van der Waals surface area contributed by atoms with E-state index < -0.39 is 0 Å². The molecule has 0 aliphatic rings. The highest BCUT2D eigenvalue weighted by molar-refractivity contribution is 5.83. The average molecular weight is 400 g/mol. The van der Waals surface area contributed by atoms with E-state index in [1.165, 1.54) is 44.5 Å². The standard InChI is InChI=1S/C31H27/c1-24-16-20-28(21-17-24)30(26-10-5-3-6-11-26)14-9-15-31(27-12-7-4-8-13-27)29-22-18-25(2)19-23-29/h3-23H,1-2H3/q+1. The highest BCUT2D eigenvalue weighted by Crippen LogP contribution is 2.27. The molecule has 31 heavy (non-hydrogen) atoms. The molecule has 0 bridgehead atoms. The van der Waals surface area contributed by atoms with Crippen LogP contribution in [-0.4, -0.2) is 0 Å². The fourth-order valence-corrected chi connectivity index (χ4v) is 3.66. The summed E-state index contributed by atoms with van der Waals surface area (Å²) < 4.78 is 0. The average Bonchev–Trinajstić information content (AvgIpc) is 2.82. The van der Waals surface area contributed by atoms with Crippen LogP contribution in [0.1, 0.15) is 33.4 Å². The zero-order valence-electron chi connectivity index (χ0n) is 18.1. The minimum atomic E-state index is 1.22. The van der Waals surface area contributed by atoms with Gasteiger partial charge in [-0.15, -0.1) is 0 Å². The number of hydrogen-bond acceptors (Lipinski definition) is 0. The lowest BCUT2D eigenvalue weighted by Gasteiger charge is -2.05. The van der Waals surface area contributed by atoms with Crippen molar-refractivity contribution in [1.82, 2.24) is 0 Å². The molecule has 0 N–H and O–H groups in total. The largest absolute Gasteiger partial charge is 0.0777 e. The molecule has 0 saturated carbocycles. The summed E-state index contributed by atoms with van der Waals surface area (Å²) in [5.74, 6) is 0. The van der Waals surface area contributed by atoms with Crippen molar-refractivity contribution in [2.75, 3.05) is 0 Å². The molecule has 0 unspecified atom stereocenters. The van der Waals surface area contributed by atoms with Gasteiger partial charge in [0.25, 0.3) is 0 Å². The number of rotatable bonds is 6. The number of allylic oxidation sites excluding steroid dienone is 2. The van der Waals surface area contributed by atoms with Gasteiger partial charge in [0.15, 0.2) is 0 Å². The smallest absolute Gasteiger partial charge is 0.0621 e. The van der Waals surface area contributed by atoms with E-state index in [1.807, 2.05) is 0 Å². The molecule has 150 valence electrons. The van der Waals surface area contributed by atoms with Gasteiger partial charge in [0.05, 0.1) is 23.3 Å². The van der Waals surface area contributed by atoms with E-state index in [2.05, 4.69) is 142 Å². The van der Waals surface area contributed by atoms with Gasteiger partial charge in [-0.25, -0.2) is 0 Å². The molecule has 0 atom stereocenters. The maximum atomic E-state index is 2.22. The monoisotopic (exact) mass is 399 g/mol. The van der Waals surface area contributed by atoms with Crippen molar-refractivity contribution in [2.45, 2.75) is 13.8 Å². The van der Waals surface area contributed by atoms with Crippen LogP contribution in [0.15, 0.2) is 121 Å². The molecule has 0 heteroatoms. The van der Waals surface area contributed by atoms with Crippen molar-refractivity contribution in [1.29, 1.82) is 0 Å². The Bertz CT molecular complexity index is 1060. The van der Waals surface area contributed by atoms with Crippen molar-refractivity contribution < 1.29 is 0 Å². The van der Waals surface area contributed by atoms with E-state index in [-0.39, 0.29) is 0 Å². The molecule has 0 aliphatic carbocycles. The minimum absolute atomic E-state index is 1.22. The molecule has 4 aromatic rings. The molecule has 0 saturated heterocycles. The zero-order valence-corrected chi connectivity index (χ0v) is 18.1. The second-order valence-corrected chi connectivity index (χ2v) is 7.82. The Hall–Kier alpha value is -3.77. The molecule has 0 aromatic heterocycles. The molecular formula is C31H27+. The maximum absolute atomic E-state index is 2.22. The second-order valence-electron chi connectivity index (χ2n) is 7.82. The minimum Gasteiger partial charge on any atom is -0.0621 e. The highest BCUT2D eigenvalue weighted by atomic mass is 14.1. The van der Waals surface area contributed by atoms with Crippen molar-refractivity contribution in [3.05, 3.63) is 161 Å². The molecule has 0 fully saturated rings. The number of aryl methyl sites for hydroxylation is 2. The van der Waals surface area contributed by atoms with Gasteiger partial charge < -0.3 is 0 Å². The summed E-state index contributed by atoms with van der Waals surface area (Å²) in [6.45, 7) is 4.25. The van der Waals surface area contributed by atoms with Crippen LogP contribution < -0.4 is 0 Å². The Morgan fingerprint density at radius 3 is 1.13 bits per heavy atom. The van der Waals surface area contributed by atoms with Crippen molar-refractivity contribution in [2.24, 2.45) is 0 Å². The molecule has 0 amide bonds. The van der Waals surface area contributed by atoms with Crippen molar-refractivity contribution in [3.63, 3.8) is 0 Å². The Labute approximate surface area is 186 Å². The van der Waals surface area contributed by atoms with Crippen molar-refractivity contribution >= 4 is 11.1 Å². The summed E-state index contributed by atoms with van der Waals surface area (Å²) >= 11 is 0. The number of hydrogen-bond donors (Lipinski definition) is 0. The normalized spacial score (nSPS) is 11.9. The third-order valence-electron chi connectivity index (χ3n) is 5.42. The summed E-state index contributed by atoms with van der Waals surface area (Å²) in [4.78, 5) is 0. The predicted octanol–water partition coefficient (Wildman–Crippen LogP) is 8.07. The van der Waals surface area contributed by atoms with Gasteiger partial charge >= 0.3 is 0 Å². The summed E-state index contributed by atoms with van der Waals surface area (Å²) in [5.41, 5.74) is 9.84. The van der Waals surface area contributed by atoms with Crippen LogP contribution in [0.25, 0.3) is 11.1 Å². The fourth-order valence-electron chi connectivity index (χ4n) is 3.66. The molecule has 0 spiro atoms. The van der Waals surface area contributed by atoms with E-state index in [0.717, 1.165) is 0 Å². The van der Waals surface area contributed by atoms with Crippen molar-refractivity contribution in [3.8, 4) is 0 Å². The van der Waals surface area contributed by atoms with Gasteiger partial charge in [-0.1, -0.05) is 71.8 Å². The first-order valence-electron chi connectivity index (χ1n) is 10.7. The fraction of sp³-hybridized carbons (Fsp3) is 0.0645. The third-order valence-corrected chi connectivity index (χ3v) is 5.42.